The highest BCUT2D eigenvalue weighted by molar-refractivity contribution is 6.31. The van der Waals surface area contributed by atoms with E-state index in [1.807, 2.05) is 0 Å². The molecule has 1 aliphatic heterocycles. The molecule has 120 valence electrons. The number of benzene rings is 1. The molecule has 3 N–H and O–H groups in total. The highest BCUT2D eigenvalue weighted by Crippen LogP contribution is 2.21. The summed E-state index contributed by atoms with van der Waals surface area (Å²) in [6.07, 6.45) is 1.49. The lowest BCUT2D eigenvalue weighted by atomic mass is 9.96. The van der Waals surface area contributed by atoms with Gasteiger partial charge < -0.3 is 16.0 Å². The fourth-order valence-corrected chi connectivity index (χ4v) is 2.71. The number of hydrogen-bond acceptors (Lipinski definition) is 3. The number of nitrogens with two attached hydrogens (primary N) is 1. The summed E-state index contributed by atoms with van der Waals surface area (Å²) in [6, 6.07) is 3.89. The molecule has 0 aromatic heterocycles. The molecule has 2 amide bonds. The van der Waals surface area contributed by atoms with Crippen molar-refractivity contribution < 1.29 is 14.0 Å². The zero-order valence-electron chi connectivity index (χ0n) is 12.1. The number of carbonyl (C=O) groups is 2. The van der Waals surface area contributed by atoms with Gasteiger partial charge in [0.25, 0.3) is 5.91 Å². The normalized spacial score (nSPS) is 18.1. The first-order valence-corrected chi connectivity index (χ1v) is 7.63. The smallest absolute Gasteiger partial charge is 0.253 e. The third-order valence-corrected chi connectivity index (χ3v) is 3.98. The molecule has 1 aromatic carbocycles. The molecule has 1 unspecified atom stereocenters. The maximum Gasteiger partial charge on any atom is 0.253 e. The number of carbonyl (C=O) groups excluding carboxylic acids is 2. The van der Waals surface area contributed by atoms with Crippen LogP contribution in [0.3, 0.4) is 0 Å². The predicted molar refractivity (Wildman–Crippen MR) is 82.1 cm³/mol. The molecule has 2 rings (SSSR count). The molecule has 0 saturated carbocycles. The van der Waals surface area contributed by atoms with Crippen LogP contribution in [0.15, 0.2) is 18.2 Å². The Hall–Kier alpha value is -1.66. The summed E-state index contributed by atoms with van der Waals surface area (Å²) in [7, 11) is 0. The average molecular weight is 328 g/mol. The summed E-state index contributed by atoms with van der Waals surface area (Å²) in [5, 5.41) is 2.66. The molecule has 1 atom stereocenters. The van der Waals surface area contributed by atoms with Crippen LogP contribution < -0.4 is 11.1 Å². The average Bonchev–Trinajstić information content (AvgIpc) is 2.54. The summed E-state index contributed by atoms with van der Waals surface area (Å²) in [6.45, 7) is 1.74. The molecular weight excluding hydrogens is 309 g/mol. The van der Waals surface area contributed by atoms with Gasteiger partial charge in [-0.25, -0.2) is 4.39 Å². The highest BCUT2D eigenvalue weighted by atomic mass is 35.5. The van der Waals surface area contributed by atoms with Crippen LogP contribution in [-0.4, -0.2) is 42.9 Å². The van der Waals surface area contributed by atoms with Gasteiger partial charge in [-0.2, -0.15) is 0 Å². The number of hydrogen-bond donors (Lipinski definition) is 2. The van der Waals surface area contributed by atoms with Crippen molar-refractivity contribution >= 4 is 23.4 Å². The zero-order valence-corrected chi connectivity index (χ0v) is 12.9. The van der Waals surface area contributed by atoms with Crippen molar-refractivity contribution in [3.8, 4) is 0 Å². The van der Waals surface area contributed by atoms with Gasteiger partial charge in [-0.15, -0.1) is 0 Å². The first-order chi connectivity index (χ1) is 10.5. The van der Waals surface area contributed by atoms with Gasteiger partial charge in [0, 0.05) is 31.7 Å². The Morgan fingerprint density at radius 3 is 2.91 bits per heavy atom. The van der Waals surface area contributed by atoms with Gasteiger partial charge in [-0.05, 0) is 31.0 Å². The topological polar surface area (TPSA) is 75.4 Å². The molecular formula is C15H19ClFN3O2. The Morgan fingerprint density at radius 1 is 1.45 bits per heavy atom. The molecule has 5 nitrogen and oxygen atoms in total. The van der Waals surface area contributed by atoms with Crippen molar-refractivity contribution in [2.45, 2.75) is 12.8 Å². The summed E-state index contributed by atoms with van der Waals surface area (Å²) >= 11 is 5.71. The van der Waals surface area contributed by atoms with Crippen LogP contribution >= 0.6 is 11.6 Å². The Morgan fingerprint density at radius 2 is 2.23 bits per heavy atom. The van der Waals surface area contributed by atoms with E-state index in [9.17, 15) is 14.0 Å². The van der Waals surface area contributed by atoms with Gasteiger partial charge >= 0.3 is 0 Å². The van der Waals surface area contributed by atoms with E-state index in [-0.39, 0.29) is 22.8 Å². The number of likely N-dealkylation sites (tertiary alicyclic amines) is 1. The number of halogens is 2. The molecule has 1 aliphatic rings. The Labute approximate surface area is 133 Å². The third-order valence-electron chi connectivity index (χ3n) is 3.69. The van der Waals surface area contributed by atoms with Gasteiger partial charge in [0.15, 0.2) is 0 Å². The van der Waals surface area contributed by atoms with Gasteiger partial charge in [0.1, 0.15) is 5.82 Å². The molecule has 1 fully saturated rings. The van der Waals surface area contributed by atoms with Crippen molar-refractivity contribution in [2.75, 3.05) is 26.2 Å². The van der Waals surface area contributed by atoms with E-state index in [1.54, 1.807) is 4.90 Å². The SMILES string of the molecule is NCCNC(=O)C1CCCN(C(=O)c2ccc(F)c(Cl)c2)C1. The van der Waals surface area contributed by atoms with Crippen molar-refractivity contribution in [1.82, 2.24) is 10.2 Å². The minimum Gasteiger partial charge on any atom is -0.355 e. The second-order valence-corrected chi connectivity index (χ2v) is 5.71. The Bertz CT molecular complexity index is 568. The monoisotopic (exact) mass is 327 g/mol. The van der Waals surface area contributed by atoms with Crippen LogP contribution in [0.2, 0.25) is 5.02 Å². The lowest BCUT2D eigenvalue weighted by Gasteiger charge is -2.32. The van der Waals surface area contributed by atoms with E-state index >= 15 is 0 Å². The van der Waals surface area contributed by atoms with Crippen molar-refractivity contribution in [3.05, 3.63) is 34.6 Å². The maximum atomic E-state index is 13.2. The number of nitrogens with one attached hydrogen (secondary N) is 1. The van der Waals surface area contributed by atoms with Crippen LogP contribution in [0, 0.1) is 11.7 Å². The van der Waals surface area contributed by atoms with E-state index in [0.717, 1.165) is 12.8 Å². The van der Waals surface area contributed by atoms with E-state index in [1.165, 1.54) is 18.2 Å². The molecule has 7 heteroatoms. The largest absolute Gasteiger partial charge is 0.355 e. The molecule has 22 heavy (non-hydrogen) atoms. The van der Waals surface area contributed by atoms with E-state index < -0.39 is 5.82 Å². The number of nitrogens with zero attached hydrogens (tertiary/aromatic N) is 1. The fourth-order valence-electron chi connectivity index (χ4n) is 2.53. The third kappa shape index (κ3) is 3.96. The number of amides is 2. The van der Waals surface area contributed by atoms with Crippen molar-refractivity contribution in [1.29, 1.82) is 0 Å². The first-order valence-electron chi connectivity index (χ1n) is 7.25. The summed E-state index contributed by atoms with van der Waals surface area (Å²) < 4.78 is 13.2. The first kappa shape index (κ1) is 16.7. The Kier molecular flexibility index (Phi) is 5.74. The maximum absolute atomic E-state index is 13.2. The van der Waals surface area contributed by atoms with Gasteiger partial charge in [0.2, 0.25) is 5.91 Å². The standard InChI is InChI=1S/C15H19ClFN3O2/c16-12-8-10(3-4-13(12)17)15(22)20-7-1-2-11(9-20)14(21)19-6-5-18/h3-4,8,11H,1-2,5-7,9,18H2,(H,19,21). The highest BCUT2D eigenvalue weighted by Gasteiger charge is 2.28. The molecule has 1 aromatic rings. The molecule has 1 heterocycles. The van der Waals surface area contributed by atoms with Crippen molar-refractivity contribution in [2.24, 2.45) is 11.7 Å². The van der Waals surface area contributed by atoms with Crippen LogP contribution in [-0.2, 0) is 4.79 Å². The summed E-state index contributed by atoms with van der Waals surface area (Å²) in [4.78, 5) is 26.0. The molecule has 0 spiro atoms. The van der Waals surface area contributed by atoms with Gasteiger partial charge in [-0.3, -0.25) is 9.59 Å². The zero-order chi connectivity index (χ0) is 16.1. The predicted octanol–water partition coefficient (Wildman–Crippen LogP) is 1.41. The molecule has 0 bridgehead atoms. The Balaban J connectivity index is 2.03. The molecule has 0 radical (unpaired) electrons. The quantitative estimate of drug-likeness (QED) is 0.878. The minimum absolute atomic E-state index is 0.0832. The molecule has 0 aliphatic carbocycles. The lowest BCUT2D eigenvalue weighted by molar-refractivity contribution is -0.126. The van der Waals surface area contributed by atoms with Crippen LogP contribution in [0.4, 0.5) is 4.39 Å². The van der Waals surface area contributed by atoms with E-state index in [0.29, 0.717) is 31.7 Å². The van der Waals surface area contributed by atoms with Crippen molar-refractivity contribution in [3.63, 3.8) is 0 Å². The van der Waals surface area contributed by atoms with E-state index in [2.05, 4.69) is 5.32 Å². The van der Waals surface area contributed by atoms with E-state index in [4.69, 9.17) is 17.3 Å². The number of rotatable bonds is 4. The second kappa shape index (κ2) is 7.56. The van der Waals surface area contributed by atoms with Gasteiger partial charge in [0.05, 0.1) is 10.9 Å². The second-order valence-electron chi connectivity index (χ2n) is 5.30. The van der Waals surface area contributed by atoms with Gasteiger partial charge in [-0.1, -0.05) is 11.6 Å². The fraction of sp³-hybridized carbons (Fsp3) is 0.467. The van der Waals surface area contributed by atoms with Crippen LogP contribution in [0.25, 0.3) is 0 Å². The molecule has 1 saturated heterocycles. The summed E-state index contributed by atoms with van der Waals surface area (Å²) in [5.41, 5.74) is 5.69. The summed E-state index contributed by atoms with van der Waals surface area (Å²) in [5.74, 6) is -1.12. The van der Waals surface area contributed by atoms with Crippen LogP contribution in [0.1, 0.15) is 23.2 Å². The minimum atomic E-state index is -0.559. The van der Waals surface area contributed by atoms with Crippen LogP contribution in [0.5, 0.6) is 0 Å². The number of piperidine rings is 1. The lowest BCUT2D eigenvalue weighted by Crippen LogP contribution is -2.46.